The van der Waals surface area contributed by atoms with E-state index in [1.807, 2.05) is 19.0 Å². The Labute approximate surface area is 129 Å². The van der Waals surface area contributed by atoms with Crippen LogP contribution in [-0.2, 0) is 4.79 Å². The summed E-state index contributed by atoms with van der Waals surface area (Å²) in [5.41, 5.74) is 0.470. The van der Waals surface area contributed by atoms with Crippen molar-refractivity contribution in [3.63, 3.8) is 0 Å². The van der Waals surface area contributed by atoms with Crippen LogP contribution < -0.4 is 5.32 Å². The van der Waals surface area contributed by atoms with Crippen molar-refractivity contribution in [1.82, 2.24) is 20.1 Å². The first-order chi connectivity index (χ1) is 10.5. The molecule has 0 bridgehead atoms. The highest BCUT2D eigenvalue weighted by atomic mass is 16.2. The number of hydrogen-bond donors (Lipinski definition) is 1. The van der Waals surface area contributed by atoms with Crippen LogP contribution >= 0.6 is 0 Å². The highest BCUT2D eigenvalue weighted by molar-refractivity contribution is 6.20. The Morgan fingerprint density at radius 1 is 1.32 bits per heavy atom. The van der Waals surface area contributed by atoms with Crippen molar-refractivity contribution in [2.75, 3.05) is 33.7 Å². The summed E-state index contributed by atoms with van der Waals surface area (Å²) in [6.07, 6.45) is 2.44. The van der Waals surface area contributed by atoms with Crippen LogP contribution in [0.2, 0.25) is 0 Å². The van der Waals surface area contributed by atoms with Gasteiger partial charge in [0.1, 0.15) is 5.69 Å². The summed E-state index contributed by atoms with van der Waals surface area (Å²) in [5.74, 6) is -0.974. The summed E-state index contributed by atoms with van der Waals surface area (Å²) < 4.78 is 0. The van der Waals surface area contributed by atoms with Crippen LogP contribution in [0, 0.1) is 0 Å². The number of imide groups is 1. The lowest BCUT2D eigenvalue weighted by Gasteiger charge is -2.13. The van der Waals surface area contributed by atoms with E-state index in [9.17, 15) is 14.4 Å². The molecular weight excluding hydrogens is 284 g/mol. The Hall–Kier alpha value is -2.28. The number of rotatable bonds is 7. The van der Waals surface area contributed by atoms with Crippen molar-refractivity contribution < 1.29 is 14.4 Å². The molecule has 1 aliphatic rings. The lowest BCUT2D eigenvalue weighted by Crippen LogP contribution is -2.35. The number of aromatic nitrogens is 1. The number of carbonyl (C=O) groups is 3. The van der Waals surface area contributed by atoms with Gasteiger partial charge in [-0.15, -0.1) is 0 Å². The maximum atomic E-state index is 12.1. The fraction of sp³-hybridized carbons (Fsp3) is 0.467. The molecule has 2 rings (SSSR count). The van der Waals surface area contributed by atoms with Crippen molar-refractivity contribution in [2.45, 2.75) is 12.8 Å². The van der Waals surface area contributed by atoms with Crippen LogP contribution in [0.15, 0.2) is 18.3 Å². The fourth-order valence-corrected chi connectivity index (χ4v) is 2.24. The molecule has 0 aliphatic carbocycles. The second-order valence-electron chi connectivity index (χ2n) is 5.42. The van der Waals surface area contributed by atoms with Crippen LogP contribution in [0.5, 0.6) is 0 Å². The molecule has 0 unspecified atom stereocenters. The number of amides is 3. The average Bonchev–Trinajstić information content (AvgIpc) is 2.74. The van der Waals surface area contributed by atoms with E-state index in [0.29, 0.717) is 12.1 Å². The molecule has 0 spiro atoms. The molecule has 1 aromatic rings. The summed E-state index contributed by atoms with van der Waals surface area (Å²) in [4.78, 5) is 42.9. The second kappa shape index (κ2) is 7.13. The van der Waals surface area contributed by atoms with Crippen LogP contribution in [0.4, 0.5) is 0 Å². The van der Waals surface area contributed by atoms with E-state index < -0.39 is 5.91 Å². The fourth-order valence-electron chi connectivity index (χ4n) is 2.24. The van der Waals surface area contributed by atoms with E-state index in [1.165, 1.54) is 6.20 Å². The molecule has 1 N–H and O–H groups in total. The lowest BCUT2D eigenvalue weighted by atomic mass is 10.2. The van der Waals surface area contributed by atoms with Crippen molar-refractivity contribution >= 4 is 17.7 Å². The van der Waals surface area contributed by atoms with Crippen molar-refractivity contribution in [2.24, 2.45) is 0 Å². The maximum absolute atomic E-state index is 12.1. The molecular formula is C15H20N4O3. The predicted molar refractivity (Wildman–Crippen MR) is 80.4 cm³/mol. The van der Waals surface area contributed by atoms with E-state index in [4.69, 9.17) is 0 Å². The van der Waals surface area contributed by atoms with E-state index in [0.717, 1.165) is 17.9 Å². The van der Waals surface area contributed by atoms with Gasteiger partial charge in [0, 0.05) is 25.7 Å². The van der Waals surface area contributed by atoms with Gasteiger partial charge in [0.2, 0.25) is 5.91 Å². The zero-order chi connectivity index (χ0) is 16.1. The Morgan fingerprint density at radius 3 is 2.77 bits per heavy atom. The molecule has 22 heavy (non-hydrogen) atoms. The number of nitrogens with zero attached hydrogens (tertiary/aromatic N) is 3. The standard InChI is InChI=1S/C15H20N4O3/c1-18(2)9-4-8-16-12(20)6-10-19-14(21)11-5-3-7-17-13(11)15(19)22/h3,5,7H,4,6,8-10H2,1-2H3,(H,16,20). The Kier molecular flexibility index (Phi) is 5.21. The third-order valence-corrected chi connectivity index (χ3v) is 3.40. The quantitative estimate of drug-likeness (QED) is 0.572. The van der Waals surface area contributed by atoms with Gasteiger partial charge in [-0.25, -0.2) is 0 Å². The third kappa shape index (κ3) is 3.67. The highest BCUT2D eigenvalue weighted by Crippen LogP contribution is 2.20. The summed E-state index contributed by atoms with van der Waals surface area (Å²) in [6.45, 7) is 1.55. The van der Waals surface area contributed by atoms with E-state index in [1.54, 1.807) is 12.1 Å². The van der Waals surface area contributed by atoms with Gasteiger partial charge in [0.15, 0.2) is 0 Å². The monoisotopic (exact) mass is 304 g/mol. The van der Waals surface area contributed by atoms with Gasteiger partial charge in [-0.05, 0) is 39.2 Å². The Bertz CT molecular complexity index is 551. The van der Waals surface area contributed by atoms with Gasteiger partial charge in [-0.3, -0.25) is 24.3 Å². The molecule has 1 aliphatic heterocycles. The topological polar surface area (TPSA) is 82.6 Å². The number of carbonyl (C=O) groups excluding carboxylic acids is 3. The third-order valence-electron chi connectivity index (χ3n) is 3.40. The molecule has 2 heterocycles. The van der Waals surface area contributed by atoms with E-state index in [2.05, 4.69) is 10.3 Å². The van der Waals surface area contributed by atoms with Crippen LogP contribution in [-0.4, -0.2) is 66.2 Å². The van der Waals surface area contributed by atoms with Gasteiger partial charge in [-0.1, -0.05) is 0 Å². The molecule has 118 valence electrons. The first-order valence-electron chi connectivity index (χ1n) is 7.23. The smallest absolute Gasteiger partial charge is 0.280 e. The average molecular weight is 304 g/mol. The molecule has 3 amide bonds. The first kappa shape index (κ1) is 16.1. The first-order valence-corrected chi connectivity index (χ1v) is 7.23. The SMILES string of the molecule is CN(C)CCCNC(=O)CCN1C(=O)c2cccnc2C1=O. The van der Waals surface area contributed by atoms with Gasteiger partial charge in [-0.2, -0.15) is 0 Å². The molecule has 0 radical (unpaired) electrons. The normalized spacial score (nSPS) is 13.7. The van der Waals surface area contributed by atoms with Crippen molar-refractivity contribution in [1.29, 1.82) is 0 Å². The molecule has 0 aromatic carbocycles. The molecule has 7 heteroatoms. The summed E-state index contributed by atoms with van der Waals surface area (Å²) in [7, 11) is 3.94. The molecule has 0 saturated heterocycles. The summed E-state index contributed by atoms with van der Waals surface area (Å²) in [6, 6.07) is 3.19. The number of pyridine rings is 1. The van der Waals surface area contributed by atoms with Gasteiger partial charge >= 0.3 is 0 Å². The number of hydrogen-bond acceptors (Lipinski definition) is 5. The summed E-state index contributed by atoms with van der Waals surface area (Å²) in [5, 5.41) is 2.78. The van der Waals surface area contributed by atoms with Gasteiger partial charge in [0.05, 0.1) is 5.56 Å². The predicted octanol–water partition coefficient (Wildman–Crippen LogP) is 0.136. The Balaban J connectivity index is 1.79. The largest absolute Gasteiger partial charge is 0.356 e. The number of fused-ring (bicyclic) bond motifs is 1. The minimum Gasteiger partial charge on any atom is -0.356 e. The van der Waals surface area contributed by atoms with Crippen molar-refractivity contribution in [3.05, 3.63) is 29.6 Å². The molecule has 0 atom stereocenters. The van der Waals surface area contributed by atoms with Crippen LogP contribution in [0.25, 0.3) is 0 Å². The van der Waals surface area contributed by atoms with Gasteiger partial charge in [0.25, 0.3) is 11.8 Å². The minimum atomic E-state index is -0.430. The molecule has 0 saturated carbocycles. The zero-order valence-corrected chi connectivity index (χ0v) is 12.8. The van der Waals surface area contributed by atoms with Crippen LogP contribution in [0.1, 0.15) is 33.7 Å². The minimum absolute atomic E-state index is 0.0769. The van der Waals surface area contributed by atoms with E-state index >= 15 is 0 Å². The van der Waals surface area contributed by atoms with Gasteiger partial charge < -0.3 is 10.2 Å². The Morgan fingerprint density at radius 2 is 2.09 bits per heavy atom. The lowest BCUT2D eigenvalue weighted by molar-refractivity contribution is -0.121. The van der Waals surface area contributed by atoms with Crippen LogP contribution in [0.3, 0.4) is 0 Å². The highest BCUT2D eigenvalue weighted by Gasteiger charge is 2.36. The van der Waals surface area contributed by atoms with E-state index in [-0.39, 0.29) is 30.5 Å². The zero-order valence-electron chi connectivity index (χ0n) is 12.8. The molecule has 1 aromatic heterocycles. The maximum Gasteiger partial charge on any atom is 0.280 e. The number of nitrogens with one attached hydrogen (secondary N) is 1. The van der Waals surface area contributed by atoms with Crippen molar-refractivity contribution in [3.8, 4) is 0 Å². The summed E-state index contributed by atoms with van der Waals surface area (Å²) >= 11 is 0. The molecule has 0 fully saturated rings. The second-order valence-corrected chi connectivity index (χ2v) is 5.42. The molecule has 7 nitrogen and oxygen atoms in total.